The first-order valence-electron chi connectivity index (χ1n) is 6.83. The van der Waals surface area contributed by atoms with Crippen LogP contribution in [-0.4, -0.2) is 23.3 Å². The van der Waals surface area contributed by atoms with Crippen LogP contribution in [0.25, 0.3) is 10.9 Å². The lowest BCUT2D eigenvalue weighted by Crippen LogP contribution is -2.33. The third-order valence-corrected chi connectivity index (χ3v) is 5.81. The van der Waals surface area contributed by atoms with Gasteiger partial charge in [0, 0.05) is 0 Å². The zero-order valence-electron chi connectivity index (χ0n) is 12.6. The standard InChI is InChI=1S/C15H10ClFN2O5S/c1-7-3-2-4-9(12(7)17)25(23,24)10-6-5-8(16)11-13(10)18-15(21)19(22)14(11)20/h2-6,22H,1H3,(H,18,21). The molecule has 2 N–H and O–H groups in total. The lowest BCUT2D eigenvalue weighted by atomic mass is 10.2. The third kappa shape index (κ3) is 2.52. The Kier molecular flexibility index (Phi) is 3.92. The van der Waals surface area contributed by atoms with E-state index in [4.69, 9.17) is 11.6 Å². The molecule has 0 unspecified atom stereocenters. The van der Waals surface area contributed by atoms with Gasteiger partial charge in [0.15, 0.2) is 0 Å². The molecule has 0 amide bonds. The lowest BCUT2D eigenvalue weighted by molar-refractivity contribution is 0.162. The van der Waals surface area contributed by atoms with Crippen LogP contribution in [0, 0.1) is 12.7 Å². The van der Waals surface area contributed by atoms with Crippen molar-refractivity contribution in [3.05, 3.63) is 67.6 Å². The summed E-state index contributed by atoms with van der Waals surface area (Å²) >= 11 is 5.90. The van der Waals surface area contributed by atoms with Gasteiger partial charge in [0.1, 0.15) is 10.7 Å². The highest BCUT2D eigenvalue weighted by atomic mass is 35.5. The Morgan fingerprint density at radius 2 is 1.84 bits per heavy atom. The van der Waals surface area contributed by atoms with Crippen LogP contribution in [0.2, 0.25) is 5.02 Å². The normalized spacial score (nSPS) is 11.8. The molecule has 0 spiro atoms. The summed E-state index contributed by atoms with van der Waals surface area (Å²) in [5.41, 5.74) is -2.73. The highest BCUT2D eigenvalue weighted by Gasteiger charge is 2.27. The van der Waals surface area contributed by atoms with Crippen LogP contribution in [0.3, 0.4) is 0 Å². The summed E-state index contributed by atoms with van der Waals surface area (Å²) in [7, 11) is -4.42. The summed E-state index contributed by atoms with van der Waals surface area (Å²) in [6.45, 7) is 1.40. The van der Waals surface area contributed by atoms with Gasteiger partial charge in [-0.15, -0.1) is 0 Å². The molecule has 2 aromatic carbocycles. The predicted octanol–water partition coefficient (Wildman–Crippen LogP) is 1.86. The first-order valence-corrected chi connectivity index (χ1v) is 8.69. The number of aromatic amines is 1. The number of H-pyrrole nitrogens is 1. The van der Waals surface area contributed by atoms with Crippen LogP contribution in [-0.2, 0) is 9.84 Å². The van der Waals surface area contributed by atoms with E-state index in [9.17, 15) is 27.6 Å². The van der Waals surface area contributed by atoms with E-state index in [1.54, 1.807) is 0 Å². The van der Waals surface area contributed by atoms with Gasteiger partial charge in [0.05, 0.1) is 20.8 Å². The molecular weight excluding hydrogens is 375 g/mol. The van der Waals surface area contributed by atoms with Gasteiger partial charge >= 0.3 is 5.69 Å². The first kappa shape index (κ1) is 17.2. The molecule has 3 rings (SSSR count). The molecule has 0 atom stereocenters. The summed E-state index contributed by atoms with van der Waals surface area (Å²) in [6, 6.07) is 6.01. The van der Waals surface area contributed by atoms with Crippen LogP contribution >= 0.6 is 11.6 Å². The highest BCUT2D eigenvalue weighted by molar-refractivity contribution is 7.91. The van der Waals surface area contributed by atoms with Crippen LogP contribution in [0.1, 0.15) is 5.56 Å². The quantitative estimate of drug-likeness (QED) is 0.655. The van der Waals surface area contributed by atoms with E-state index in [-0.39, 0.29) is 15.3 Å². The van der Waals surface area contributed by atoms with Crippen molar-refractivity contribution in [1.82, 2.24) is 9.71 Å². The number of hydrogen-bond acceptors (Lipinski definition) is 5. The summed E-state index contributed by atoms with van der Waals surface area (Å²) < 4.78 is 39.8. The average molecular weight is 385 g/mol. The maximum absolute atomic E-state index is 14.3. The fourth-order valence-corrected chi connectivity index (χ4v) is 4.22. The zero-order valence-corrected chi connectivity index (χ0v) is 14.2. The Labute approximate surface area is 144 Å². The number of halogens is 2. The summed E-state index contributed by atoms with van der Waals surface area (Å²) in [4.78, 5) is 24.7. The molecule has 0 aliphatic heterocycles. The summed E-state index contributed by atoms with van der Waals surface area (Å²) in [6.07, 6.45) is 0. The van der Waals surface area contributed by atoms with E-state index in [1.807, 2.05) is 0 Å². The van der Waals surface area contributed by atoms with Crippen molar-refractivity contribution in [3.63, 3.8) is 0 Å². The molecular formula is C15H10ClFN2O5S. The average Bonchev–Trinajstić information content (AvgIpc) is 2.54. The van der Waals surface area contributed by atoms with Crippen LogP contribution in [0.5, 0.6) is 0 Å². The van der Waals surface area contributed by atoms with Crippen molar-refractivity contribution >= 4 is 32.3 Å². The number of hydrogen-bond donors (Lipinski definition) is 2. The minimum atomic E-state index is -4.42. The molecule has 3 aromatic rings. The van der Waals surface area contributed by atoms with Gasteiger partial charge in [-0.05, 0) is 30.7 Å². The van der Waals surface area contributed by atoms with Crippen LogP contribution < -0.4 is 11.2 Å². The molecule has 130 valence electrons. The zero-order chi connectivity index (χ0) is 18.5. The number of aromatic nitrogens is 2. The second kappa shape index (κ2) is 5.71. The molecule has 0 saturated carbocycles. The van der Waals surface area contributed by atoms with Gasteiger partial charge in [-0.2, -0.15) is 0 Å². The number of rotatable bonds is 2. The van der Waals surface area contributed by atoms with Crippen molar-refractivity contribution in [2.75, 3.05) is 0 Å². The Morgan fingerprint density at radius 1 is 1.16 bits per heavy atom. The Hall–Kier alpha value is -2.65. The van der Waals surface area contributed by atoms with E-state index in [1.165, 1.54) is 19.1 Å². The number of benzene rings is 2. The lowest BCUT2D eigenvalue weighted by Gasteiger charge is -2.11. The first-order chi connectivity index (χ1) is 11.7. The second-order valence-electron chi connectivity index (χ2n) is 5.23. The maximum atomic E-state index is 14.3. The minimum Gasteiger partial charge on any atom is -0.421 e. The van der Waals surface area contributed by atoms with Gasteiger partial charge in [-0.3, -0.25) is 4.79 Å². The minimum absolute atomic E-state index is 0.116. The van der Waals surface area contributed by atoms with Crippen LogP contribution in [0.15, 0.2) is 49.7 Å². The number of nitrogens with zero attached hydrogens (tertiary/aromatic N) is 1. The van der Waals surface area contributed by atoms with E-state index in [0.717, 1.165) is 18.2 Å². The molecule has 0 aliphatic rings. The van der Waals surface area contributed by atoms with Crippen molar-refractivity contribution in [2.45, 2.75) is 16.7 Å². The molecule has 1 aromatic heterocycles. The summed E-state index contributed by atoms with van der Waals surface area (Å²) in [5, 5.41) is 8.83. The Bertz CT molecular complexity index is 1250. The van der Waals surface area contributed by atoms with Gasteiger partial charge in [-0.1, -0.05) is 28.5 Å². The SMILES string of the molecule is Cc1cccc(S(=O)(=O)c2ccc(Cl)c3c(=O)n(O)c(=O)[nH]c23)c1F. The largest absolute Gasteiger partial charge is 0.421 e. The number of sulfone groups is 1. The smallest absolute Gasteiger partial charge is 0.362 e. The molecule has 10 heteroatoms. The molecule has 0 fully saturated rings. The van der Waals surface area contributed by atoms with Crippen LogP contribution in [0.4, 0.5) is 4.39 Å². The molecule has 0 saturated heterocycles. The van der Waals surface area contributed by atoms with Crippen molar-refractivity contribution in [2.24, 2.45) is 0 Å². The van der Waals surface area contributed by atoms with Gasteiger partial charge in [0.25, 0.3) is 5.56 Å². The molecule has 25 heavy (non-hydrogen) atoms. The van der Waals surface area contributed by atoms with E-state index in [2.05, 4.69) is 4.98 Å². The van der Waals surface area contributed by atoms with Gasteiger partial charge in [0.2, 0.25) is 9.84 Å². The monoisotopic (exact) mass is 384 g/mol. The maximum Gasteiger partial charge on any atom is 0.362 e. The fraction of sp³-hybridized carbons (Fsp3) is 0.0667. The Morgan fingerprint density at radius 3 is 2.52 bits per heavy atom. The van der Waals surface area contributed by atoms with Crippen molar-refractivity contribution in [1.29, 1.82) is 0 Å². The number of aryl methyl sites for hydroxylation is 1. The predicted molar refractivity (Wildman–Crippen MR) is 87.6 cm³/mol. The molecule has 0 radical (unpaired) electrons. The van der Waals surface area contributed by atoms with Gasteiger partial charge < -0.3 is 10.2 Å². The van der Waals surface area contributed by atoms with E-state index in [0.29, 0.717) is 0 Å². The summed E-state index contributed by atoms with van der Waals surface area (Å²) in [5.74, 6) is -0.941. The molecule has 0 aliphatic carbocycles. The number of fused-ring (bicyclic) bond motifs is 1. The van der Waals surface area contributed by atoms with Crippen molar-refractivity contribution in [3.8, 4) is 0 Å². The second-order valence-corrected chi connectivity index (χ2v) is 7.53. The third-order valence-electron chi connectivity index (χ3n) is 3.68. The molecule has 0 bridgehead atoms. The topological polar surface area (TPSA) is 109 Å². The fourth-order valence-electron chi connectivity index (χ4n) is 2.42. The highest BCUT2D eigenvalue weighted by Crippen LogP contribution is 2.31. The molecule has 7 nitrogen and oxygen atoms in total. The Balaban J connectivity index is 2.49. The van der Waals surface area contributed by atoms with E-state index >= 15 is 0 Å². The number of nitrogens with one attached hydrogen (secondary N) is 1. The van der Waals surface area contributed by atoms with E-state index < -0.39 is 47.6 Å². The van der Waals surface area contributed by atoms with Gasteiger partial charge in [-0.25, -0.2) is 17.6 Å². The molecule has 1 heterocycles. The van der Waals surface area contributed by atoms with Crippen molar-refractivity contribution < 1.29 is 18.0 Å².